The Bertz CT molecular complexity index is 336. The van der Waals surface area contributed by atoms with Gasteiger partial charge in [-0.05, 0) is 36.5 Å². The number of piperidine rings is 1. The third-order valence-electron chi connectivity index (χ3n) is 7.54. The monoisotopic (exact) mass is 405 g/mol. The predicted octanol–water partition coefficient (Wildman–Crippen LogP) is 5.46. The van der Waals surface area contributed by atoms with Crippen molar-refractivity contribution >= 4 is 35.1 Å². The molecule has 1 aliphatic heterocycles. The Morgan fingerprint density at radius 3 is 1.72 bits per heavy atom. The second-order valence-corrected chi connectivity index (χ2v) is 14.1. The van der Waals surface area contributed by atoms with Crippen LogP contribution in [0.5, 0.6) is 0 Å². The van der Waals surface area contributed by atoms with Gasteiger partial charge in [0.25, 0.3) is 0 Å². The van der Waals surface area contributed by atoms with Gasteiger partial charge in [0, 0.05) is 6.04 Å². The van der Waals surface area contributed by atoms with E-state index in [4.69, 9.17) is 0 Å². The molecular formula is C20H43NOS2Si. The van der Waals surface area contributed by atoms with Gasteiger partial charge in [0.1, 0.15) is 0 Å². The molecule has 0 bridgehead atoms. The van der Waals surface area contributed by atoms with Crippen molar-refractivity contribution in [3.05, 3.63) is 0 Å². The third kappa shape index (κ3) is 6.17. The fourth-order valence-electron chi connectivity index (χ4n) is 5.99. The molecule has 0 aromatic rings. The molecule has 3 rings (SSSR count). The summed E-state index contributed by atoms with van der Waals surface area (Å²) in [6.45, 7) is 3.82. The second-order valence-electron chi connectivity index (χ2n) is 9.00. The van der Waals surface area contributed by atoms with Crippen LogP contribution in [0.2, 0.25) is 23.7 Å². The van der Waals surface area contributed by atoms with Gasteiger partial charge in [0.2, 0.25) is 0 Å². The van der Waals surface area contributed by atoms with Gasteiger partial charge in [0.15, 0.2) is 0 Å². The van der Waals surface area contributed by atoms with Crippen molar-refractivity contribution in [2.24, 2.45) is 0 Å². The minimum atomic E-state index is -1.38. The van der Waals surface area contributed by atoms with Crippen molar-refractivity contribution < 1.29 is 5.11 Å². The molecule has 1 heterocycles. The lowest BCUT2D eigenvalue weighted by Gasteiger charge is -2.47. The summed E-state index contributed by atoms with van der Waals surface area (Å²) in [6.07, 6.45) is 18.4. The molecule has 2 N–H and O–H groups in total. The van der Waals surface area contributed by atoms with Crippen molar-refractivity contribution in [2.75, 3.05) is 6.54 Å². The van der Waals surface area contributed by atoms with E-state index in [1.807, 2.05) is 0 Å². The van der Waals surface area contributed by atoms with E-state index >= 15 is 0 Å². The molecule has 0 amide bonds. The fourth-order valence-corrected chi connectivity index (χ4v) is 12.0. The molecule has 0 aromatic carbocycles. The van der Waals surface area contributed by atoms with E-state index in [0.717, 1.165) is 17.6 Å². The van der Waals surface area contributed by atoms with Crippen LogP contribution in [0.3, 0.4) is 0 Å². The predicted molar refractivity (Wildman–Crippen MR) is 123 cm³/mol. The van der Waals surface area contributed by atoms with Crippen LogP contribution < -0.4 is 5.32 Å². The molecule has 0 spiro atoms. The highest BCUT2D eigenvalue weighted by Crippen LogP contribution is 2.50. The first kappa shape index (κ1) is 23.9. The number of hydrogen-bond acceptors (Lipinski definition) is 2. The summed E-state index contributed by atoms with van der Waals surface area (Å²) in [7, 11) is -1.38. The zero-order valence-electron chi connectivity index (χ0n) is 16.4. The fraction of sp³-hybridized carbons (Fsp3) is 1.00. The van der Waals surface area contributed by atoms with Crippen LogP contribution in [0.15, 0.2) is 0 Å². The first-order valence-corrected chi connectivity index (χ1v) is 13.5. The topological polar surface area (TPSA) is 32.3 Å². The summed E-state index contributed by atoms with van der Waals surface area (Å²) < 4.78 is 0. The van der Waals surface area contributed by atoms with Gasteiger partial charge in [0.05, 0.1) is 14.2 Å². The number of aliphatic hydroxyl groups excluding tert-OH is 1. The van der Waals surface area contributed by atoms with E-state index in [9.17, 15) is 5.11 Å². The smallest absolute Gasteiger partial charge is 0.0670 e. The highest BCUT2D eigenvalue weighted by molar-refractivity contribution is 7.59. The number of nitrogens with one attached hydrogen (secondary N) is 1. The second kappa shape index (κ2) is 11.6. The van der Waals surface area contributed by atoms with Crippen LogP contribution in [-0.4, -0.2) is 31.9 Å². The van der Waals surface area contributed by atoms with E-state index in [1.54, 1.807) is 0 Å². The lowest BCUT2D eigenvalue weighted by atomic mass is 9.99. The van der Waals surface area contributed by atoms with E-state index < -0.39 is 8.07 Å². The van der Waals surface area contributed by atoms with Gasteiger partial charge in [-0.25, -0.2) is 0 Å². The average Bonchev–Trinajstić information content (AvgIpc) is 2.64. The van der Waals surface area contributed by atoms with Crippen molar-refractivity contribution in [3.8, 4) is 0 Å². The highest BCUT2D eigenvalue weighted by atomic mass is 32.1. The van der Waals surface area contributed by atoms with E-state index in [1.165, 1.54) is 89.5 Å². The molecule has 2 atom stereocenters. The van der Waals surface area contributed by atoms with Gasteiger partial charge in [-0.3, -0.25) is 0 Å². The van der Waals surface area contributed by atoms with E-state index in [2.05, 4.69) is 11.9 Å². The summed E-state index contributed by atoms with van der Waals surface area (Å²) in [6, 6.07) is 1.57. The Balaban J connectivity index is 0.00000156. The Morgan fingerprint density at radius 1 is 0.800 bits per heavy atom. The molecular weight excluding hydrogens is 362 g/mol. The highest BCUT2D eigenvalue weighted by Gasteiger charge is 2.45. The minimum absolute atomic E-state index is 0. The van der Waals surface area contributed by atoms with Crippen LogP contribution >= 0.6 is 27.0 Å². The molecule has 3 aliphatic rings. The summed E-state index contributed by atoms with van der Waals surface area (Å²) in [5, 5.41) is 14.7. The minimum Gasteiger partial charge on any atom is -0.392 e. The molecule has 0 unspecified atom stereocenters. The number of hydrogen-bond donors (Lipinski definition) is 2. The van der Waals surface area contributed by atoms with Gasteiger partial charge < -0.3 is 10.4 Å². The Morgan fingerprint density at radius 2 is 1.28 bits per heavy atom. The number of aliphatic hydroxyl groups is 1. The summed E-state index contributed by atoms with van der Waals surface area (Å²) in [5.41, 5.74) is 2.00. The molecule has 0 aromatic heterocycles. The first-order valence-electron chi connectivity index (χ1n) is 10.6. The van der Waals surface area contributed by atoms with Gasteiger partial charge >= 0.3 is 0 Å². The quantitative estimate of drug-likeness (QED) is 0.595. The largest absolute Gasteiger partial charge is 0.392 e. The van der Waals surface area contributed by atoms with Crippen LogP contribution in [0, 0.1) is 0 Å². The van der Waals surface area contributed by atoms with Crippen molar-refractivity contribution in [1.82, 2.24) is 5.32 Å². The molecule has 2 nitrogen and oxygen atoms in total. The lowest BCUT2D eigenvalue weighted by molar-refractivity contribution is 0.127. The molecule has 3 fully saturated rings. The van der Waals surface area contributed by atoms with Gasteiger partial charge in [-0.1, -0.05) is 77.2 Å². The maximum absolute atomic E-state index is 11.0. The molecule has 0 radical (unpaired) electrons. The maximum atomic E-state index is 11.0. The molecule has 2 saturated carbocycles. The van der Waals surface area contributed by atoms with Crippen LogP contribution in [0.25, 0.3) is 0 Å². The molecule has 150 valence electrons. The van der Waals surface area contributed by atoms with E-state index in [0.29, 0.717) is 6.04 Å². The first-order chi connectivity index (χ1) is 11.2. The molecule has 5 heteroatoms. The normalized spacial score (nSPS) is 27.8. The van der Waals surface area contributed by atoms with Crippen LogP contribution in [-0.2, 0) is 0 Å². The van der Waals surface area contributed by atoms with Gasteiger partial charge in [-0.15, -0.1) is 0 Å². The zero-order valence-corrected chi connectivity index (χ0v) is 19.4. The maximum Gasteiger partial charge on any atom is 0.0670 e. The molecule has 1 saturated heterocycles. The zero-order chi connectivity index (χ0) is 16.1. The van der Waals surface area contributed by atoms with Crippen molar-refractivity contribution in [2.45, 2.75) is 119 Å². The molecule has 2 aliphatic carbocycles. The molecule has 25 heavy (non-hydrogen) atoms. The van der Waals surface area contributed by atoms with Crippen LogP contribution in [0.1, 0.15) is 83.5 Å². The average molecular weight is 406 g/mol. The van der Waals surface area contributed by atoms with Crippen molar-refractivity contribution in [3.63, 3.8) is 0 Å². The summed E-state index contributed by atoms with van der Waals surface area (Å²) in [5.74, 6) is 0. The van der Waals surface area contributed by atoms with Gasteiger partial charge in [-0.2, -0.15) is 27.0 Å². The summed E-state index contributed by atoms with van der Waals surface area (Å²) >= 11 is 0. The van der Waals surface area contributed by atoms with Crippen LogP contribution in [0.4, 0.5) is 0 Å². The number of rotatable bonds is 5. The van der Waals surface area contributed by atoms with Crippen molar-refractivity contribution in [1.29, 1.82) is 0 Å². The third-order valence-corrected chi connectivity index (χ3v) is 13.7. The Hall–Kier alpha value is 0.837. The SMILES string of the molecule is C[Si](C[C@@H](O)[C@@H]1CCCCN1)(C1CCCCC1)C1CCCCC1.S.S. The Labute approximate surface area is 171 Å². The lowest BCUT2D eigenvalue weighted by Crippen LogP contribution is -2.51. The van der Waals surface area contributed by atoms with E-state index in [-0.39, 0.29) is 33.1 Å². The Kier molecular flexibility index (Phi) is 11.1. The standard InChI is InChI=1S/C20H39NOSi.2H2S/c1-23(17-10-4-2-5-11-17,18-12-6-3-7-13-18)16-20(22)19-14-8-9-15-21-19;;/h17-22H,2-16H2,1H3;2*1H2/t19-,20+;;/m0../s1. The summed E-state index contributed by atoms with van der Waals surface area (Å²) in [4.78, 5) is 0.